The standard InChI is InChI=1S/C26H40ClN5OS/c1-9-18(11-10-14-27)17-32-21-13-12-19(33-8)15-20(21)23(34-25(2,3)4)22(32)16-26(5,6)24(30-28)31(7)29/h9-13,15H,14,16-17,28-29H2,1-8H3/b11-10-,18-9+,30-24-. The van der Waals surface area contributed by atoms with Gasteiger partial charge in [0.15, 0.2) is 0 Å². The van der Waals surface area contributed by atoms with Crippen LogP contribution in [0.4, 0.5) is 0 Å². The summed E-state index contributed by atoms with van der Waals surface area (Å²) in [7, 11) is 3.47. The number of hydrazine groups is 1. The van der Waals surface area contributed by atoms with Crippen LogP contribution >= 0.6 is 23.4 Å². The summed E-state index contributed by atoms with van der Waals surface area (Å²) in [5.74, 6) is 13.8. The maximum absolute atomic E-state index is 6.10. The van der Waals surface area contributed by atoms with E-state index in [-0.39, 0.29) is 4.75 Å². The zero-order valence-electron chi connectivity index (χ0n) is 21.8. The minimum atomic E-state index is -0.399. The molecule has 0 saturated carbocycles. The van der Waals surface area contributed by atoms with E-state index >= 15 is 0 Å². The normalized spacial score (nSPS) is 13.8. The zero-order chi connectivity index (χ0) is 25.7. The number of ether oxygens (including phenoxy) is 1. The van der Waals surface area contributed by atoms with E-state index in [0.717, 1.165) is 17.8 Å². The van der Waals surface area contributed by atoms with Crippen LogP contribution in [0.15, 0.2) is 52.0 Å². The quantitative estimate of drug-likeness (QED) is 0.0839. The number of nitrogens with zero attached hydrogens (tertiary/aromatic N) is 3. The number of thioether (sulfide) groups is 1. The third-order valence-corrected chi connectivity index (χ3v) is 6.99. The predicted octanol–water partition coefficient (Wildman–Crippen LogP) is 5.93. The number of aromatic nitrogens is 1. The molecule has 0 spiro atoms. The van der Waals surface area contributed by atoms with Crippen molar-refractivity contribution in [2.24, 2.45) is 22.2 Å². The van der Waals surface area contributed by atoms with E-state index in [1.54, 1.807) is 14.2 Å². The summed E-state index contributed by atoms with van der Waals surface area (Å²) in [4.78, 5) is 1.24. The summed E-state index contributed by atoms with van der Waals surface area (Å²) >= 11 is 7.80. The maximum Gasteiger partial charge on any atom is 0.144 e. The van der Waals surface area contributed by atoms with E-state index in [4.69, 9.17) is 28.0 Å². The van der Waals surface area contributed by atoms with Crippen molar-refractivity contribution in [1.82, 2.24) is 9.58 Å². The Morgan fingerprint density at radius 2 is 1.94 bits per heavy atom. The topological polar surface area (TPSA) is 81.8 Å². The molecule has 0 radical (unpaired) electrons. The molecule has 1 aromatic carbocycles. The monoisotopic (exact) mass is 505 g/mol. The molecule has 0 saturated heterocycles. The molecule has 2 aromatic rings. The Morgan fingerprint density at radius 1 is 1.26 bits per heavy atom. The van der Waals surface area contributed by atoms with Crippen molar-refractivity contribution in [3.63, 3.8) is 0 Å². The largest absolute Gasteiger partial charge is 0.497 e. The first-order valence-corrected chi connectivity index (χ1v) is 12.8. The molecule has 6 nitrogen and oxygen atoms in total. The molecule has 0 unspecified atom stereocenters. The lowest BCUT2D eigenvalue weighted by molar-refractivity contribution is 0.403. The van der Waals surface area contributed by atoms with Crippen LogP contribution in [0.25, 0.3) is 10.9 Å². The lowest BCUT2D eigenvalue weighted by atomic mass is 9.85. The summed E-state index contributed by atoms with van der Waals surface area (Å²) < 4.78 is 7.99. The van der Waals surface area contributed by atoms with Gasteiger partial charge in [-0.3, -0.25) is 5.01 Å². The van der Waals surface area contributed by atoms with Gasteiger partial charge in [0.25, 0.3) is 0 Å². The van der Waals surface area contributed by atoms with Crippen molar-refractivity contribution >= 4 is 40.1 Å². The van der Waals surface area contributed by atoms with Crippen LogP contribution in [-0.4, -0.2) is 40.2 Å². The second kappa shape index (κ2) is 11.6. The molecule has 0 fully saturated rings. The summed E-state index contributed by atoms with van der Waals surface area (Å²) in [5, 5.41) is 6.71. The first-order valence-electron chi connectivity index (χ1n) is 11.4. The Labute approximate surface area is 214 Å². The Balaban J connectivity index is 2.85. The van der Waals surface area contributed by atoms with Crippen LogP contribution in [0.5, 0.6) is 5.75 Å². The Kier molecular flexibility index (Phi) is 9.57. The molecule has 0 aliphatic heterocycles. The number of rotatable bonds is 9. The van der Waals surface area contributed by atoms with Crippen molar-refractivity contribution in [3.05, 3.63) is 47.7 Å². The van der Waals surface area contributed by atoms with Crippen LogP contribution in [0.2, 0.25) is 0 Å². The smallest absolute Gasteiger partial charge is 0.144 e. The maximum atomic E-state index is 6.10. The number of hydrazone groups is 1. The van der Waals surface area contributed by atoms with Crippen LogP contribution in [0, 0.1) is 5.41 Å². The number of fused-ring (bicyclic) bond motifs is 1. The van der Waals surface area contributed by atoms with Crippen molar-refractivity contribution in [2.75, 3.05) is 20.0 Å². The number of allylic oxidation sites excluding steroid dienone is 4. The van der Waals surface area contributed by atoms with Crippen LogP contribution in [0.3, 0.4) is 0 Å². The fourth-order valence-electron chi connectivity index (χ4n) is 4.12. The number of amidine groups is 1. The van der Waals surface area contributed by atoms with E-state index in [9.17, 15) is 0 Å². The molecule has 4 N–H and O–H groups in total. The average molecular weight is 506 g/mol. The van der Waals surface area contributed by atoms with Crippen molar-refractivity contribution < 1.29 is 4.74 Å². The number of halogens is 1. The fourth-order valence-corrected chi connectivity index (χ4v) is 5.39. The van der Waals surface area contributed by atoms with Gasteiger partial charge >= 0.3 is 0 Å². The van der Waals surface area contributed by atoms with Gasteiger partial charge in [-0.25, -0.2) is 5.84 Å². The van der Waals surface area contributed by atoms with Gasteiger partial charge < -0.3 is 15.1 Å². The van der Waals surface area contributed by atoms with E-state index in [0.29, 0.717) is 18.1 Å². The number of benzene rings is 1. The van der Waals surface area contributed by atoms with Gasteiger partial charge in [0.1, 0.15) is 11.6 Å². The van der Waals surface area contributed by atoms with Gasteiger partial charge in [0.2, 0.25) is 0 Å². The van der Waals surface area contributed by atoms with Gasteiger partial charge in [-0.15, -0.1) is 23.4 Å². The summed E-state index contributed by atoms with van der Waals surface area (Å²) in [6.45, 7) is 13.7. The minimum Gasteiger partial charge on any atom is -0.497 e. The highest BCUT2D eigenvalue weighted by Crippen LogP contribution is 2.44. The molecule has 188 valence electrons. The highest BCUT2D eigenvalue weighted by molar-refractivity contribution is 8.00. The number of alkyl halides is 1. The van der Waals surface area contributed by atoms with Crippen LogP contribution in [0.1, 0.15) is 47.2 Å². The fraction of sp³-hybridized carbons (Fsp3) is 0.500. The lowest BCUT2D eigenvalue weighted by Crippen LogP contribution is -2.44. The third-order valence-electron chi connectivity index (χ3n) is 5.54. The lowest BCUT2D eigenvalue weighted by Gasteiger charge is -2.31. The molecule has 34 heavy (non-hydrogen) atoms. The van der Waals surface area contributed by atoms with Gasteiger partial charge in [0, 0.05) is 57.5 Å². The molecule has 0 amide bonds. The first-order chi connectivity index (χ1) is 15.9. The molecular weight excluding hydrogens is 466 g/mol. The molecule has 2 rings (SSSR count). The number of methoxy groups -OCH3 is 1. The second-order valence-corrected chi connectivity index (χ2v) is 12.1. The summed E-state index contributed by atoms with van der Waals surface area (Å²) in [6, 6.07) is 6.29. The highest BCUT2D eigenvalue weighted by atomic mass is 35.5. The minimum absolute atomic E-state index is 0.0124. The molecule has 0 atom stereocenters. The Bertz CT molecular complexity index is 1080. The van der Waals surface area contributed by atoms with Crippen LogP contribution < -0.4 is 16.4 Å². The molecule has 0 aliphatic carbocycles. The number of nitrogens with two attached hydrogens (primary N) is 2. The molecule has 1 heterocycles. The van der Waals surface area contributed by atoms with E-state index in [1.165, 1.54) is 26.6 Å². The second-order valence-electron chi connectivity index (χ2n) is 10.0. The third kappa shape index (κ3) is 6.74. The summed E-state index contributed by atoms with van der Waals surface area (Å²) in [6.07, 6.45) is 6.90. The molecular formula is C26H40ClN5OS. The van der Waals surface area contributed by atoms with Crippen molar-refractivity contribution in [2.45, 2.75) is 64.2 Å². The van der Waals surface area contributed by atoms with Gasteiger partial charge in [-0.05, 0) is 30.7 Å². The molecule has 0 aliphatic rings. The molecule has 0 bridgehead atoms. The van der Waals surface area contributed by atoms with Gasteiger partial charge in [-0.2, -0.15) is 5.10 Å². The average Bonchev–Trinajstić information content (AvgIpc) is 3.00. The predicted molar refractivity (Wildman–Crippen MR) is 149 cm³/mol. The Morgan fingerprint density at radius 3 is 2.44 bits per heavy atom. The van der Waals surface area contributed by atoms with Crippen molar-refractivity contribution in [3.8, 4) is 5.75 Å². The molecule has 1 aromatic heterocycles. The van der Waals surface area contributed by atoms with E-state index in [2.05, 4.69) is 75.5 Å². The number of hydrogen-bond donors (Lipinski definition) is 2. The Hall–Kier alpha value is -2.09. The zero-order valence-corrected chi connectivity index (χ0v) is 23.3. The van der Waals surface area contributed by atoms with Gasteiger partial charge in [0.05, 0.1) is 7.11 Å². The van der Waals surface area contributed by atoms with E-state index < -0.39 is 5.41 Å². The SMILES string of the molecule is C/C=C(\C=C/CCl)Cn1c(CC(C)(C)/C(=N/N)N(C)N)c(SC(C)(C)C)c2cc(OC)ccc21. The molecule has 8 heteroatoms. The highest BCUT2D eigenvalue weighted by Gasteiger charge is 2.33. The number of hydrogen-bond acceptors (Lipinski definition) is 5. The van der Waals surface area contributed by atoms with Crippen LogP contribution in [-0.2, 0) is 13.0 Å². The van der Waals surface area contributed by atoms with E-state index in [1.807, 2.05) is 23.9 Å². The van der Waals surface area contributed by atoms with Gasteiger partial charge in [-0.1, -0.05) is 52.8 Å². The van der Waals surface area contributed by atoms with Crippen molar-refractivity contribution in [1.29, 1.82) is 0 Å². The first kappa shape index (κ1) is 28.1. The summed E-state index contributed by atoms with van der Waals surface area (Å²) in [5.41, 5.74) is 3.16.